The Hall–Kier alpha value is -9.00. The molecule has 15 rings (SSSR count). The largest absolute Gasteiger partial charge is 0.260 e. The van der Waals surface area contributed by atoms with Gasteiger partial charge >= 0.3 is 0 Å². The first-order valence-corrected chi connectivity index (χ1v) is 30.2. The molecule has 3 aliphatic rings. The SMILES string of the molecule is Cc1cc2c(cc1-c1ccc3c(C)cccc3[n+]1C)-c1cccnc1C2(C)C.Cc1cc2c(cc1-c1ccc3ccc(CC(C)C)cc3[n+]1C)-c1cccnc1C2(C)C.[2H]C([2H])([2H])C1(C([2H])([2H])[2H])c2cc(C)c(-c3ccc4ccccc4[n+]3C)cc2-c2cccnc21. The highest BCUT2D eigenvalue weighted by Crippen LogP contribution is 2.52. The molecule has 0 saturated carbocycles. The fourth-order valence-corrected chi connectivity index (χ4v) is 14.3. The van der Waals surface area contributed by atoms with E-state index in [4.69, 9.17) is 18.2 Å². The molecule has 3 aliphatic carbocycles. The zero-order chi connectivity index (χ0) is 65.3. The van der Waals surface area contributed by atoms with E-state index >= 15 is 0 Å². The molecule has 0 atom stereocenters. The zero-order valence-electron chi connectivity index (χ0n) is 57.9. The summed E-state index contributed by atoms with van der Waals surface area (Å²) in [7, 11) is 6.36. The van der Waals surface area contributed by atoms with Gasteiger partial charge in [-0.25, -0.2) is 0 Å². The van der Waals surface area contributed by atoms with Crippen LogP contribution in [0.2, 0.25) is 0 Å². The zero-order valence-corrected chi connectivity index (χ0v) is 51.9. The predicted octanol–water partition coefficient (Wildman–Crippen LogP) is 17.5. The fraction of sp³-hybridized carbons (Fsp3) is 0.250. The maximum atomic E-state index is 8.34. The molecule has 0 radical (unpaired) electrons. The van der Waals surface area contributed by atoms with Crippen molar-refractivity contribution in [3.8, 4) is 67.2 Å². The van der Waals surface area contributed by atoms with Crippen LogP contribution in [0.4, 0.5) is 0 Å². The van der Waals surface area contributed by atoms with E-state index in [9.17, 15) is 0 Å². The molecule has 0 unspecified atom stereocenters. The number of rotatable bonds is 5. The lowest BCUT2D eigenvalue weighted by molar-refractivity contribution is -0.633. The van der Waals surface area contributed by atoms with Crippen LogP contribution in [0, 0.1) is 33.6 Å². The number of pyridine rings is 6. The van der Waals surface area contributed by atoms with E-state index in [2.05, 4.69) is 216 Å². The summed E-state index contributed by atoms with van der Waals surface area (Å²) in [4.78, 5) is 13.8. The Labute approximate surface area is 517 Å². The van der Waals surface area contributed by atoms with Gasteiger partial charge < -0.3 is 0 Å². The molecule has 6 heteroatoms. The van der Waals surface area contributed by atoms with E-state index in [1.165, 1.54) is 118 Å². The van der Waals surface area contributed by atoms with Crippen molar-refractivity contribution in [2.75, 3.05) is 0 Å². The van der Waals surface area contributed by atoms with Crippen molar-refractivity contribution in [2.45, 2.75) is 106 Å². The van der Waals surface area contributed by atoms with Gasteiger partial charge in [-0.15, -0.1) is 0 Å². The summed E-state index contributed by atoms with van der Waals surface area (Å²) in [6.45, 7) is 16.6. The molecule has 6 heterocycles. The Morgan fingerprint density at radius 1 is 0.384 bits per heavy atom. The Kier molecular flexibility index (Phi) is 12.0. The van der Waals surface area contributed by atoms with Crippen molar-refractivity contribution in [2.24, 2.45) is 27.1 Å². The van der Waals surface area contributed by atoms with Crippen molar-refractivity contribution in [3.05, 3.63) is 250 Å². The molecule has 6 nitrogen and oxygen atoms in total. The van der Waals surface area contributed by atoms with Crippen LogP contribution in [-0.4, -0.2) is 15.0 Å². The van der Waals surface area contributed by atoms with Crippen molar-refractivity contribution >= 4 is 32.7 Å². The van der Waals surface area contributed by atoms with E-state index < -0.39 is 19.1 Å². The highest BCUT2D eigenvalue weighted by Gasteiger charge is 2.41. The Balaban J connectivity index is 0.000000126. The number of aromatic nitrogens is 6. The van der Waals surface area contributed by atoms with Crippen molar-refractivity contribution < 1.29 is 21.9 Å². The van der Waals surface area contributed by atoms with Crippen LogP contribution >= 0.6 is 0 Å². The van der Waals surface area contributed by atoms with Crippen LogP contribution in [0.5, 0.6) is 0 Å². The van der Waals surface area contributed by atoms with Crippen LogP contribution in [-0.2, 0) is 43.8 Å². The summed E-state index contributed by atoms with van der Waals surface area (Å²) in [5, 5.41) is 3.71. The summed E-state index contributed by atoms with van der Waals surface area (Å²) in [6, 6.07) is 59.8. The number of aryl methyl sites for hydroxylation is 7. The van der Waals surface area contributed by atoms with Crippen molar-refractivity contribution in [3.63, 3.8) is 0 Å². The normalized spacial score (nSPS) is 15.5. The first-order chi connectivity index (χ1) is 43.6. The van der Waals surface area contributed by atoms with Crippen LogP contribution in [0.15, 0.2) is 188 Å². The third-order valence-electron chi connectivity index (χ3n) is 18.9. The minimum Gasteiger partial charge on any atom is -0.260 e. The second kappa shape index (κ2) is 20.9. The van der Waals surface area contributed by atoms with Crippen LogP contribution < -0.4 is 13.7 Å². The van der Waals surface area contributed by atoms with Gasteiger partial charge in [0.05, 0.1) is 17.1 Å². The molecule has 0 fully saturated rings. The lowest BCUT2D eigenvalue weighted by atomic mass is 9.83. The lowest BCUT2D eigenvalue weighted by Crippen LogP contribution is -2.32. The van der Waals surface area contributed by atoms with Gasteiger partial charge in [0, 0.05) is 129 Å². The molecule has 426 valence electrons. The smallest absolute Gasteiger partial charge is 0.213 e. The quantitative estimate of drug-likeness (QED) is 0.161. The van der Waals surface area contributed by atoms with E-state index in [1.807, 2.05) is 56.7 Å². The molecule has 0 bridgehead atoms. The van der Waals surface area contributed by atoms with E-state index in [1.54, 1.807) is 18.2 Å². The number of hydrogen-bond acceptors (Lipinski definition) is 3. The van der Waals surface area contributed by atoms with Gasteiger partial charge in [-0.05, 0) is 168 Å². The standard InChI is InChI=1S/C29H31N2.C26H25N2.C25H23N2/c1-18(2)14-20-9-10-21-11-12-26(31(6)27(21)16-20)23-17-24-22-8-7-13-30-28(22)29(4,5)25(24)15-19(23)3;1-16-8-6-10-23-18(16)11-12-24(28(23)5)20-15-21-19-9-7-13-27-25(19)26(3,4)22(21)14-17(20)2;1-16-14-21-20(18-9-7-13-26-24(18)25(21,2)3)15-19(16)23-12-11-17-8-5-6-10-22(17)27(23)4/h7-13,15-18H,14H2,1-6H3;6-15H,1-5H3;5-15H,1-4H3/q3*+1/i;;2D3,3D3. The Morgan fingerprint density at radius 3 is 1.30 bits per heavy atom. The van der Waals surface area contributed by atoms with Gasteiger partial charge in [-0.3, -0.25) is 15.0 Å². The fourth-order valence-electron chi connectivity index (χ4n) is 14.3. The van der Waals surface area contributed by atoms with Crippen molar-refractivity contribution in [1.29, 1.82) is 0 Å². The molecule has 0 saturated heterocycles. The second-order valence-electron chi connectivity index (χ2n) is 25.7. The summed E-state index contributed by atoms with van der Waals surface area (Å²) in [6.07, 6.45) is 6.40. The summed E-state index contributed by atoms with van der Waals surface area (Å²) in [5.41, 5.74) is 26.3. The van der Waals surface area contributed by atoms with Gasteiger partial charge in [-0.2, -0.15) is 13.7 Å². The first kappa shape index (κ1) is 49.3. The maximum absolute atomic E-state index is 8.34. The summed E-state index contributed by atoms with van der Waals surface area (Å²) < 4.78 is 56.8. The number of nitrogens with zero attached hydrogens (tertiary/aromatic N) is 6. The Bertz CT molecular complexity index is 5000. The molecule has 12 aromatic rings. The monoisotopic (exact) mass is 1130 g/mol. The maximum Gasteiger partial charge on any atom is 0.213 e. The minimum atomic E-state index is -2.81. The molecule has 86 heavy (non-hydrogen) atoms. The topological polar surface area (TPSA) is 50.3 Å². The molecule has 0 amide bonds. The van der Waals surface area contributed by atoms with E-state index in [0.717, 1.165) is 34.1 Å². The first-order valence-electron chi connectivity index (χ1n) is 33.2. The molecular weight excluding hydrogens is 1040 g/mol. The molecule has 6 aromatic heterocycles. The summed E-state index contributed by atoms with van der Waals surface area (Å²) in [5.74, 6) is 0.655. The third kappa shape index (κ3) is 9.05. The Morgan fingerprint density at radius 2 is 0.802 bits per heavy atom. The van der Waals surface area contributed by atoms with Crippen LogP contribution in [0.25, 0.3) is 99.9 Å². The van der Waals surface area contributed by atoms with Gasteiger partial charge in [0.2, 0.25) is 33.6 Å². The number of hydrogen-bond donors (Lipinski definition) is 0. The average molecular weight is 1130 g/mol. The van der Waals surface area contributed by atoms with Gasteiger partial charge in [0.1, 0.15) is 21.1 Å². The minimum absolute atomic E-state index is 0.0576. The van der Waals surface area contributed by atoms with E-state index in [-0.39, 0.29) is 16.5 Å². The molecule has 6 aromatic carbocycles. The van der Waals surface area contributed by atoms with Crippen LogP contribution in [0.1, 0.15) is 125 Å². The highest BCUT2D eigenvalue weighted by molar-refractivity contribution is 5.89. The van der Waals surface area contributed by atoms with Gasteiger partial charge in [0.25, 0.3) is 0 Å². The number of para-hydroxylation sites is 1. The predicted molar refractivity (Wildman–Crippen MR) is 355 cm³/mol. The van der Waals surface area contributed by atoms with Gasteiger partial charge in [0.15, 0.2) is 0 Å². The van der Waals surface area contributed by atoms with Crippen LogP contribution in [0.3, 0.4) is 0 Å². The third-order valence-corrected chi connectivity index (χ3v) is 18.9. The number of fused-ring (bicyclic) bond motifs is 12. The molecule has 0 N–H and O–H groups in total. The number of benzene rings is 6. The lowest BCUT2D eigenvalue weighted by Gasteiger charge is -2.21. The van der Waals surface area contributed by atoms with E-state index in [0.29, 0.717) is 22.6 Å². The summed E-state index contributed by atoms with van der Waals surface area (Å²) >= 11 is 0. The average Bonchev–Trinajstić information content (AvgIpc) is 1.51. The second-order valence-corrected chi connectivity index (χ2v) is 25.7. The molecule has 0 aliphatic heterocycles. The molecular formula is C80H79N6+3. The van der Waals surface area contributed by atoms with Crippen molar-refractivity contribution in [1.82, 2.24) is 15.0 Å². The van der Waals surface area contributed by atoms with Gasteiger partial charge in [-0.1, -0.05) is 122 Å². The highest BCUT2D eigenvalue weighted by atomic mass is 14.9. The molecule has 0 spiro atoms.